The van der Waals surface area contributed by atoms with E-state index in [4.69, 9.17) is 0 Å². The number of esters is 1. The Kier molecular flexibility index (Phi) is 1.66. The molecule has 0 amide bonds. The largest absolute Gasteiger partial charge is 0.449 e. The molecule has 1 heterocycles. The molecule has 0 aromatic heterocycles. The van der Waals surface area contributed by atoms with Gasteiger partial charge in [0, 0.05) is 12.0 Å². The molecular formula is C6H5F3O2. The summed E-state index contributed by atoms with van der Waals surface area (Å²) in [4.78, 5) is 10.4. The first kappa shape index (κ1) is 8.10. The maximum atomic E-state index is 11.8. The molecule has 0 radical (unpaired) electrons. The molecule has 1 fully saturated rings. The molecule has 1 saturated heterocycles. The van der Waals surface area contributed by atoms with Gasteiger partial charge < -0.3 is 4.74 Å². The monoisotopic (exact) mass is 166 g/mol. The fourth-order valence-electron chi connectivity index (χ4n) is 0.744. The molecular weight excluding hydrogens is 161 g/mol. The van der Waals surface area contributed by atoms with E-state index in [1.54, 1.807) is 0 Å². The minimum Gasteiger partial charge on any atom is -0.449 e. The summed E-state index contributed by atoms with van der Waals surface area (Å²) in [5.74, 6) is -0.952. The van der Waals surface area contributed by atoms with Crippen molar-refractivity contribution >= 4 is 5.97 Å². The predicted octanol–water partition coefficient (Wildman–Crippen LogP) is 1.42. The first-order chi connectivity index (χ1) is 4.91. The van der Waals surface area contributed by atoms with Crippen LogP contribution in [0.25, 0.3) is 0 Å². The van der Waals surface area contributed by atoms with Gasteiger partial charge in [0.25, 0.3) is 0 Å². The molecule has 1 rings (SSSR count). The summed E-state index contributed by atoms with van der Waals surface area (Å²) < 4.78 is 39.3. The molecule has 62 valence electrons. The summed E-state index contributed by atoms with van der Waals surface area (Å²) >= 11 is 0. The number of cyclic esters (lactones) is 1. The normalized spacial score (nSPS) is 25.5. The van der Waals surface area contributed by atoms with E-state index in [9.17, 15) is 18.0 Å². The van der Waals surface area contributed by atoms with E-state index in [2.05, 4.69) is 11.3 Å². The van der Waals surface area contributed by atoms with Gasteiger partial charge in [-0.15, -0.1) is 0 Å². The number of hydrogen-bond acceptors (Lipinski definition) is 2. The van der Waals surface area contributed by atoms with Crippen LogP contribution in [0.3, 0.4) is 0 Å². The standard InChI is InChI=1S/C6H5F3O2/c1-3-2-4(6(7,8)9)11-5(3)10/h4H,1-2H2/t4-/m0/s1. The molecule has 1 atom stereocenters. The molecule has 11 heavy (non-hydrogen) atoms. The fraction of sp³-hybridized carbons (Fsp3) is 0.500. The first-order valence-corrected chi connectivity index (χ1v) is 2.86. The third-order valence-electron chi connectivity index (χ3n) is 1.33. The van der Waals surface area contributed by atoms with Gasteiger partial charge >= 0.3 is 12.1 Å². The fourth-order valence-corrected chi connectivity index (χ4v) is 0.744. The first-order valence-electron chi connectivity index (χ1n) is 2.86. The van der Waals surface area contributed by atoms with Gasteiger partial charge in [-0.1, -0.05) is 6.58 Å². The van der Waals surface area contributed by atoms with Crippen LogP contribution < -0.4 is 0 Å². The number of carbonyl (C=O) groups is 1. The number of rotatable bonds is 0. The van der Waals surface area contributed by atoms with Crippen LogP contribution in [0.1, 0.15) is 6.42 Å². The number of hydrogen-bond donors (Lipinski definition) is 0. The zero-order chi connectivity index (χ0) is 8.65. The van der Waals surface area contributed by atoms with Gasteiger partial charge in [0.15, 0.2) is 0 Å². The average molecular weight is 166 g/mol. The number of carbonyl (C=O) groups excluding carboxylic acids is 1. The molecule has 0 bridgehead atoms. The lowest BCUT2D eigenvalue weighted by Crippen LogP contribution is -2.27. The van der Waals surface area contributed by atoms with Crippen LogP contribution in [0.4, 0.5) is 13.2 Å². The van der Waals surface area contributed by atoms with Crippen molar-refractivity contribution in [3.8, 4) is 0 Å². The van der Waals surface area contributed by atoms with Crippen LogP contribution >= 0.6 is 0 Å². The van der Waals surface area contributed by atoms with E-state index in [0.29, 0.717) is 0 Å². The van der Waals surface area contributed by atoms with Crippen molar-refractivity contribution in [2.45, 2.75) is 18.7 Å². The Bertz CT molecular complexity index is 190. The molecule has 0 spiro atoms. The lowest BCUT2D eigenvalue weighted by Gasteiger charge is -2.11. The van der Waals surface area contributed by atoms with Crippen molar-refractivity contribution in [1.29, 1.82) is 0 Å². The Hall–Kier alpha value is -1.00. The van der Waals surface area contributed by atoms with E-state index in [-0.39, 0.29) is 5.57 Å². The van der Waals surface area contributed by atoms with Crippen LogP contribution in [0, 0.1) is 0 Å². The zero-order valence-electron chi connectivity index (χ0n) is 5.44. The van der Waals surface area contributed by atoms with Gasteiger partial charge in [0.05, 0.1) is 0 Å². The summed E-state index contributed by atoms with van der Waals surface area (Å²) in [6.07, 6.45) is -6.89. The highest BCUT2D eigenvalue weighted by Gasteiger charge is 2.47. The van der Waals surface area contributed by atoms with Gasteiger partial charge in [0.2, 0.25) is 6.10 Å². The van der Waals surface area contributed by atoms with Crippen LogP contribution in [0.2, 0.25) is 0 Å². The Labute approximate surface area is 60.6 Å². The second-order valence-corrected chi connectivity index (χ2v) is 2.24. The third-order valence-corrected chi connectivity index (χ3v) is 1.33. The topological polar surface area (TPSA) is 26.3 Å². The van der Waals surface area contributed by atoms with E-state index < -0.39 is 24.7 Å². The molecule has 0 unspecified atom stereocenters. The molecule has 0 aliphatic carbocycles. The summed E-state index contributed by atoms with van der Waals surface area (Å²) in [6.45, 7) is 3.12. The van der Waals surface area contributed by atoms with Crippen molar-refractivity contribution in [3.63, 3.8) is 0 Å². The maximum Gasteiger partial charge on any atom is 0.425 e. The Morgan fingerprint density at radius 3 is 2.27 bits per heavy atom. The summed E-state index contributed by atoms with van der Waals surface area (Å²) in [6, 6.07) is 0. The van der Waals surface area contributed by atoms with E-state index in [1.165, 1.54) is 0 Å². The lowest BCUT2D eigenvalue weighted by molar-refractivity contribution is -0.209. The summed E-state index contributed by atoms with van der Waals surface area (Å²) in [7, 11) is 0. The second kappa shape index (κ2) is 2.25. The minimum atomic E-state index is -4.46. The van der Waals surface area contributed by atoms with Crippen LogP contribution in [-0.4, -0.2) is 18.2 Å². The Morgan fingerprint density at radius 1 is 1.55 bits per heavy atom. The van der Waals surface area contributed by atoms with Crippen molar-refractivity contribution in [2.75, 3.05) is 0 Å². The minimum absolute atomic E-state index is 0.118. The van der Waals surface area contributed by atoms with Crippen molar-refractivity contribution < 1.29 is 22.7 Å². The molecule has 1 aliphatic rings. The third kappa shape index (κ3) is 1.53. The van der Waals surface area contributed by atoms with E-state index in [1.807, 2.05) is 0 Å². The Balaban J connectivity index is 2.68. The second-order valence-electron chi connectivity index (χ2n) is 2.24. The van der Waals surface area contributed by atoms with Crippen LogP contribution in [-0.2, 0) is 9.53 Å². The van der Waals surface area contributed by atoms with Crippen LogP contribution in [0.15, 0.2) is 12.2 Å². The highest BCUT2D eigenvalue weighted by molar-refractivity contribution is 5.90. The van der Waals surface area contributed by atoms with Crippen molar-refractivity contribution in [2.24, 2.45) is 0 Å². The van der Waals surface area contributed by atoms with Gasteiger partial charge in [-0.3, -0.25) is 0 Å². The van der Waals surface area contributed by atoms with Gasteiger partial charge in [-0.05, 0) is 0 Å². The highest BCUT2D eigenvalue weighted by Crippen LogP contribution is 2.32. The number of alkyl halides is 3. The number of halogens is 3. The summed E-state index contributed by atoms with van der Waals surface area (Å²) in [5, 5.41) is 0. The molecule has 0 saturated carbocycles. The number of ether oxygens (including phenoxy) is 1. The lowest BCUT2D eigenvalue weighted by atomic mass is 10.2. The van der Waals surface area contributed by atoms with Crippen molar-refractivity contribution in [1.82, 2.24) is 0 Å². The van der Waals surface area contributed by atoms with Gasteiger partial charge in [-0.25, -0.2) is 4.79 Å². The molecule has 2 nitrogen and oxygen atoms in total. The smallest absolute Gasteiger partial charge is 0.425 e. The molecule has 0 aromatic carbocycles. The van der Waals surface area contributed by atoms with Crippen molar-refractivity contribution in [3.05, 3.63) is 12.2 Å². The summed E-state index contributed by atoms with van der Waals surface area (Å²) in [5.41, 5.74) is -0.118. The molecule has 0 N–H and O–H groups in total. The van der Waals surface area contributed by atoms with Crippen LogP contribution in [0.5, 0.6) is 0 Å². The SMILES string of the molecule is C=C1C[C@@H](C(F)(F)F)OC1=O. The molecule has 0 aromatic rings. The average Bonchev–Trinajstić information content (AvgIpc) is 2.11. The predicted molar refractivity (Wildman–Crippen MR) is 29.7 cm³/mol. The Morgan fingerprint density at radius 2 is 2.09 bits per heavy atom. The van der Waals surface area contributed by atoms with E-state index in [0.717, 1.165) is 0 Å². The highest BCUT2D eigenvalue weighted by atomic mass is 19.4. The quantitative estimate of drug-likeness (QED) is 0.402. The van der Waals surface area contributed by atoms with Gasteiger partial charge in [-0.2, -0.15) is 13.2 Å². The van der Waals surface area contributed by atoms with E-state index >= 15 is 0 Å². The molecule has 5 heteroatoms. The van der Waals surface area contributed by atoms with Gasteiger partial charge in [0.1, 0.15) is 0 Å². The maximum absolute atomic E-state index is 11.8. The molecule has 1 aliphatic heterocycles. The zero-order valence-corrected chi connectivity index (χ0v) is 5.44.